The minimum Gasteiger partial charge on any atom is -0.355 e. The summed E-state index contributed by atoms with van der Waals surface area (Å²) in [5.74, 6) is 0.154. The van der Waals surface area contributed by atoms with Crippen molar-refractivity contribution in [1.82, 2.24) is 14.8 Å². The number of carbonyl (C=O) groups excluding carboxylic acids is 2. The van der Waals surface area contributed by atoms with E-state index in [0.29, 0.717) is 32.1 Å². The number of hydrogen-bond acceptors (Lipinski definition) is 5. The smallest absolute Gasteiger partial charge is 0.355 e. The maximum absolute atomic E-state index is 12.7. The van der Waals surface area contributed by atoms with E-state index in [1.54, 1.807) is 0 Å². The molecule has 3 heterocycles. The quantitative estimate of drug-likeness (QED) is 0.718. The predicted octanol–water partition coefficient (Wildman–Crippen LogP) is 2.75. The first-order valence-electron chi connectivity index (χ1n) is 10.2. The number of amides is 2. The van der Waals surface area contributed by atoms with Crippen molar-refractivity contribution in [2.75, 3.05) is 37.7 Å². The van der Waals surface area contributed by atoms with E-state index < -0.39 is 11.7 Å². The summed E-state index contributed by atoms with van der Waals surface area (Å²) in [7, 11) is 0. The van der Waals surface area contributed by atoms with Gasteiger partial charge in [0.25, 0.3) is 0 Å². The number of alkyl halides is 3. The third kappa shape index (κ3) is 4.10. The maximum Gasteiger partial charge on any atom is 0.417 e. The Balaban J connectivity index is 1.37. The van der Waals surface area contributed by atoms with Gasteiger partial charge in [-0.25, -0.2) is 4.98 Å². The van der Waals surface area contributed by atoms with Gasteiger partial charge in [-0.1, -0.05) is 12.8 Å². The van der Waals surface area contributed by atoms with Gasteiger partial charge in [-0.15, -0.1) is 0 Å². The molecule has 2 aliphatic heterocycles. The molecule has 0 radical (unpaired) electrons. The van der Waals surface area contributed by atoms with Crippen LogP contribution < -0.4 is 4.90 Å². The molecule has 1 aromatic heterocycles. The summed E-state index contributed by atoms with van der Waals surface area (Å²) in [6, 6.07) is 2.45. The largest absolute Gasteiger partial charge is 0.417 e. The molecule has 1 saturated carbocycles. The zero-order valence-corrected chi connectivity index (χ0v) is 16.2. The molecule has 1 aliphatic carbocycles. The lowest BCUT2D eigenvalue weighted by Gasteiger charge is -2.26. The number of aromatic nitrogens is 1. The van der Waals surface area contributed by atoms with Gasteiger partial charge in [0.05, 0.1) is 24.1 Å². The average molecular weight is 410 g/mol. The van der Waals surface area contributed by atoms with E-state index in [1.807, 2.05) is 4.90 Å². The molecule has 158 valence electrons. The number of likely N-dealkylation sites (tertiary alicyclic amines) is 1. The Morgan fingerprint density at radius 2 is 1.62 bits per heavy atom. The molecule has 0 unspecified atom stereocenters. The van der Waals surface area contributed by atoms with Crippen molar-refractivity contribution in [1.29, 1.82) is 0 Å². The highest BCUT2D eigenvalue weighted by atomic mass is 19.4. The Labute approximate surface area is 167 Å². The summed E-state index contributed by atoms with van der Waals surface area (Å²) in [6.07, 6.45) is 0.873. The fourth-order valence-corrected chi connectivity index (χ4v) is 4.65. The lowest BCUT2D eigenvalue weighted by Crippen LogP contribution is -2.43. The van der Waals surface area contributed by atoms with Crippen molar-refractivity contribution < 1.29 is 22.8 Å². The molecule has 6 nitrogen and oxygen atoms in total. The summed E-state index contributed by atoms with van der Waals surface area (Å²) < 4.78 is 38.2. The van der Waals surface area contributed by atoms with Crippen LogP contribution in [0, 0.1) is 11.8 Å². The summed E-state index contributed by atoms with van der Waals surface area (Å²) in [6.45, 7) is 2.90. The number of hydrogen-bond donors (Lipinski definition) is 0. The van der Waals surface area contributed by atoms with Crippen LogP contribution in [0.4, 0.5) is 19.0 Å². The maximum atomic E-state index is 12.7. The lowest BCUT2D eigenvalue weighted by atomic mass is 9.81. The number of fused-ring (bicyclic) bond motifs is 1. The third-order valence-corrected chi connectivity index (χ3v) is 6.26. The van der Waals surface area contributed by atoms with Gasteiger partial charge in [0.1, 0.15) is 5.82 Å². The molecule has 3 fully saturated rings. The van der Waals surface area contributed by atoms with Crippen LogP contribution in [0.2, 0.25) is 0 Å². The van der Waals surface area contributed by atoms with Crippen LogP contribution >= 0.6 is 0 Å². The molecular weight excluding hydrogens is 385 g/mol. The van der Waals surface area contributed by atoms with Gasteiger partial charge in [-0.2, -0.15) is 13.2 Å². The predicted molar refractivity (Wildman–Crippen MR) is 99.8 cm³/mol. The number of halogens is 3. The summed E-state index contributed by atoms with van der Waals surface area (Å²) in [4.78, 5) is 34.8. The van der Waals surface area contributed by atoms with Crippen LogP contribution in [0.1, 0.15) is 37.7 Å². The van der Waals surface area contributed by atoms with E-state index in [-0.39, 0.29) is 23.7 Å². The Morgan fingerprint density at radius 3 is 2.21 bits per heavy atom. The first kappa shape index (κ1) is 20.1. The van der Waals surface area contributed by atoms with Gasteiger partial charge in [0, 0.05) is 32.4 Å². The highest BCUT2D eigenvalue weighted by Gasteiger charge is 2.48. The first-order chi connectivity index (χ1) is 13.8. The number of rotatable bonds is 3. The zero-order valence-electron chi connectivity index (χ0n) is 16.2. The molecule has 2 saturated heterocycles. The van der Waals surface area contributed by atoms with Crippen LogP contribution in [0.15, 0.2) is 18.3 Å². The van der Waals surface area contributed by atoms with Crippen molar-refractivity contribution >= 4 is 17.6 Å². The second-order valence-electron chi connectivity index (χ2n) is 8.10. The molecule has 1 aromatic rings. The van der Waals surface area contributed by atoms with Crippen molar-refractivity contribution in [2.45, 2.75) is 38.3 Å². The van der Waals surface area contributed by atoms with Crippen molar-refractivity contribution in [2.24, 2.45) is 11.8 Å². The van der Waals surface area contributed by atoms with Gasteiger partial charge < -0.3 is 4.90 Å². The normalized spacial score (nSPS) is 26.6. The molecule has 0 aromatic carbocycles. The van der Waals surface area contributed by atoms with Crippen molar-refractivity contribution in [3.8, 4) is 0 Å². The average Bonchev–Trinajstić information content (AvgIpc) is 2.87. The van der Waals surface area contributed by atoms with Crippen molar-refractivity contribution in [3.05, 3.63) is 23.9 Å². The monoisotopic (exact) mass is 410 g/mol. The topological polar surface area (TPSA) is 56.8 Å². The Kier molecular flexibility index (Phi) is 5.50. The minimum atomic E-state index is -4.40. The number of pyridine rings is 1. The SMILES string of the molecule is O=C1[C@H]2CCCC[C@@H]2C(=O)N1CN1CCCN(c2ccc(C(F)(F)F)cn2)CC1. The molecule has 2 amide bonds. The zero-order chi connectivity index (χ0) is 20.6. The Bertz CT molecular complexity index is 744. The van der Waals surface area contributed by atoms with Crippen LogP contribution in [0.5, 0.6) is 0 Å². The molecule has 4 rings (SSSR count). The van der Waals surface area contributed by atoms with E-state index in [2.05, 4.69) is 9.88 Å². The van der Waals surface area contributed by atoms with Crippen LogP contribution in [-0.2, 0) is 15.8 Å². The summed E-state index contributed by atoms with van der Waals surface area (Å²) >= 11 is 0. The Hall–Kier alpha value is -2.16. The minimum absolute atomic E-state index is 0.0368. The van der Waals surface area contributed by atoms with Crippen molar-refractivity contribution in [3.63, 3.8) is 0 Å². The summed E-state index contributed by atoms with van der Waals surface area (Å²) in [5, 5.41) is 0. The fraction of sp³-hybridized carbons (Fsp3) is 0.650. The lowest BCUT2D eigenvalue weighted by molar-refractivity contribution is -0.142. The van der Waals surface area contributed by atoms with E-state index >= 15 is 0 Å². The first-order valence-corrected chi connectivity index (χ1v) is 10.2. The standard InChI is InChI=1S/C20H25F3N4O2/c21-20(22,23)14-6-7-17(24-12-14)26-9-3-8-25(10-11-26)13-27-18(28)15-4-1-2-5-16(15)19(27)29/h6-7,12,15-16H,1-5,8-11,13H2/t15-,16-/m0/s1. The van der Waals surface area contributed by atoms with E-state index in [9.17, 15) is 22.8 Å². The van der Waals surface area contributed by atoms with E-state index in [1.165, 1.54) is 11.0 Å². The number of carbonyl (C=O) groups is 2. The van der Waals surface area contributed by atoms with Gasteiger partial charge in [-0.05, 0) is 31.4 Å². The van der Waals surface area contributed by atoms with Crippen LogP contribution in [-0.4, -0.2) is 59.4 Å². The Morgan fingerprint density at radius 1 is 0.931 bits per heavy atom. The number of imide groups is 1. The molecule has 0 spiro atoms. The molecule has 29 heavy (non-hydrogen) atoms. The third-order valence-electron chi connectivity index (χ3n) is 6.26. The summed E-state index contributed by atoms with van der Waals surface area (Å²) in [5.41, 5.74) is -0.759. The molecule has 3 aliphatic rings. The van der Waals surface area contributed by atoms with E-state index in [4.69, 9.17) is 0 Å². The highest BCUT2D eigenvalue weighted by molar-refractivity contribution is 6.05. The molecule has 0 N–H and O–H groups in total. The molecular formula is C20H25F3N4O2. The van der Waals surface area contributed by atoms with E-state index in [0.717, 1.165) is 50.9 Å². The molecule has 0 bridgehead atoms. The highest BCUT2D eigenvalue weighted by Crippen LogP contribution is 2.38. The van der Waals surface area contributed by atoms with Gasteiger partial charge >= 0.3 is 6.18 Å². The second-order valence-corrected chi connectivity index (χ2v) is 8.10. The van der Waals surface area contributed by atoms with Gasteiger partial charge in [-0.3, -0.25) is 19.4 Å². The van der Waals surface area contributed by atoms with Crippen LogP contribution in [0.3, 0.4) is 0 Å². The van der Waals surface area contributed by atoms with Crippen LogP contribution in [0.25, 0.3) is 0 Å². The molecule has 9 heteroatoms. The number of anilines is 1. The van der Waals surface area contributed by atoms with Gasteiger partial charge in [0.15, 0.2) is 0 Å². The van der Waals surface area contributed by atoms with Gasteiger partial charge in [0.2, 0.25) is 11.8 Å². The molecule has 2 atom stereocenters. The fourth-order valence-electron chi connectivity index (χ4n) is 4.65. The number of nitrogens with zero attached hydrogens (tertiary/aromatic N) is 4. The second kappa shape index (κ2) is 7.93.